The number of aromatic nitrogens is 1. The van der Waals surface area contributed by atoms with E-state index in [1.807, 2.05) is 13.0 Å². The normalized spacial score (nSPS) is 32.5. The third kappa shape index (κ3) is 3.20. The summed E-state index contributed by atoms with van der Waals surface area (Å²) in [4.78, 5) is 22.3. The highest BCUT2D eigenvalue weighted by Gasteiger charge is 2.50. The molecule has 0 bridgehead atoms. The van der Waals surface area contributed by atoms with Gasteiger partial charge < -0.3 is 14.9 Å². The van der Waals surface area contributed by atoms with E-state index in [2.05, 4.69) is 14.8 Å². The van der Waals surface area contributed by atoms with Gasteiger partial charge in [0.25, 0.3) is 0 Å². The molecular weight excluding hydrogens is 350 g/mol. The van der Waals surface area contributed by atoms with Crippen LogP contribution >= 0.6 is 11.6 Å². The lowest BCUT2D eigenvalue weighted by atomic mass is 9.78. The van der Waals surface area contributed by atoms with Crippen LogP contribution in [0.25, 0.3) is 0 Å². The van der Waals surface area contributed by atoms with Crippen LogP contribution in [0.5, 0.6) is 0 Å². The zero-order valence-electron chi connectivity index (χ0n) is 15.5. The van der Waals surface area contributed by atoms with E-state index in [0.717, 1.165) is 76.0 Å². The first kappa shape index (κ1) is 18.1. The maximum atomic E-state index is 13.4. The molecule has 1 aromatic heterocycles. The summed E-state index contributed by atoms with van der Waals surface area (Å²) in [5.41, 5.74) is 0.806. The van der Waals surface area contributed by atoms with Gasteiger partial charge in [0.1, 0.15) is 5.82 Å². The number of piperidine rings is 1. The number of aliphatic hydroxyl groups is 1. The summed E-state index contributed by atoms with van der Waals surface area (Å²) >= 11 is 6.06. The van der Waals surface area contributed by atoms with Gasteiger partial charge in [-0.05, 0) is 63.5 Å². The zero-order chi connectivity index (χ0) is 18.3. The predicted molar refractivity (Wildman–Crippen MR) is 102 cm³/mol. The standard InChI is InChI=1S/C20H28ClN3O2/c1-14-11-15(21)12-22-18(14)23-9-2-7-20(13-23)8-10-24(19(20)26)16-3-5-17(25)6-4-16/h11-12,16-17,25H,2-10,13H2,1H3/t16-,17-,20?. The van der Waals surface area contributed by atoms with Crippen LogP contribution in [0.4, 0.5) is 5.82 Å². The maximum Gasteiger partial charge on any atom is 0.230 e. The molecule has 2 saturated heterocycles. The van der Waals surface area contributed by atoms with Crippen molar-refractivity contribution in [2.24, 2.45) is 5.41 Å². The first-order chi connectivity index (χ1) is 12.5. The zero-order valence-corrected chi connectivity index (χ0v) is 16.2. The van der Waals surface area contributed by atoms with E-state index in [9.17, 15) is 9.90 Å². The fourth-order valence-corrected chi connectivity index (χ4v) is 5.33. The van der Waals surface area contributed by atoms with Crippen molar-refractivity contribution >= 4 is 23.3 Å². The van der Waals surface area contributed by atoms with Crippen LogP contribution in [0.2, 0.25) is 5.02 Å². The Bertz CT molecular complexity index is 690. The molecule has 26 heavy (non-hydrogen) atoms. The number of nitrogens with zero attached hydrogens (tertiary/aromatic N) is 3. The monoisotopic (exact) mass is 377 g/mol. The number of hydrogen-bond donors (Lipinski definition) is 1. The van der Waals surface area contributed by atoms with Gasteiger partial charge in [-0.3, -0.25) is 4.79 Å². The number of aryl methyl sites for hydroxylation is 1. The molecule has 5 nitrogen and oxygen atoms in total. The fourth-order valence-electron chi connectivity index (χ4n) is 5.12. The highest BCUT2D eigenvalue weighted by molar-refractivity contribution is 6.30. The Morgan fingerprint density at radius 3 is 2.73 bits per heavy atom. The van der Waals surface area contributed by atoms with Crippen LogP contribution < -0.4 is 4.90 Å². The molecule has 0 radical (unpaired) electrons. The molecule has 3 heterocycles. The van der Waals surface area contributed by atoms with E-state index in [1.165, 1.54) is 0 Å². The number of carbonyl (C=O) groups is 1. The second kappa shape index (κ2) is 7.01. The van der Waals surface area contributed by atoms with Crippen molar-refractivity contribution in [3.05, 3.63) is 22.8 Å². The van der Waals surface area contributed by atoms with Crippen molar-refractivity contribution in [3.8, 4) is 0 Å². The van der Waals surface area contributed by atoms with E-state index in [1.54, 1.807) is 6.20 Å². The van der Waals surface area contributed by atoms with Crippen LogP contribution in [0.1, 0.15) is 50.5 Å². The summed E-state index contributed by atoms with van der Waals surface area (Å²) in [6, 6.07) is 2.26. The highest BCUT2D eigenvalue weighted by atomic mass is 35.5. The number of hydrogen-bond acceptors (Lipinski definition) is 4. The van der Waals surface area contributed by atoms with Crippen molar-refractivity contribution < 1.29 is 9.90 Å². The molecule has 4 rings (SSSR count). The quantitative estimate of drug-likeness (QED) is 0.860. The first-order valence-corrected chi connectivity index (χ1v) is 10.2. The van der Waals surface area contributed by atoms with Gasteiger partial charge in [0.05, 0.1) is 16.5 Å². The fraction of sp³-hybridized carbons (Fsp3) is 0.700. The minimum absolute atomic E-state index is 0.179. The van der Waals surface area contributed by atoms with Gasteiger partial charge in [0, 0.05) is 31.9 Å². The van der Waals surface area contributed by atoms with Gasteiger partial charge in [-0.1, -0.05) is 11.6 Å². The SMILES string of the molecule is Cc1cc(Cl)cnc1N1CCCC2(CCN([C@H]3CC[C@H](O)CC3)C2=O)C1. The minimum atomic E-state index is -0.262. The third-order valence-corrected chi connectivity index (χ3v) is 6.75. The Hall–Kier alpha value is -1.33. The van der Waals surface area contributed by atoms with E-state index < -0.39 is 0 Å². The second-order valence-electron chi connectivity index (χ2n) is 8.31. The molecule has 1 amide bonds. The number of likely N-dealkylation sites (tertiary alicyclic amines) is 1. The molecular formula is C20H28ClN3O2. The average Bonchev–Trinajstić information content (AvgIpc) is 2.92. The maximum absolute atomic E-state index is 13.4. The first-order valence-electron chi connectivity index (χ1n) is 9.85. The molecule has 0 aromatic carbocycles. The number of amides is 1. The summed E-state index contributed by atoms with van der Waals surface area (Å²) in [5.74, 6) is 1.29. The van der Waals surface area contributed by atoms with Gasteiger partial charge in [-0.25, -0.2) is 4.98 Å². The molecule has 1 spiro atoms. The number of rotatable bonds is 2. The molecule has 1 aliphatic carbocycles. The van der Waals surface area contributed by atoms with Crippen molar-refractivity contribution in [2.75, 3.05) is 24.5 Å². The Labute approximate surface area is 160 Å². The molecule has 1 saturated carbocycles. The lowest BCUT2D eigenvalue weighted by molar-refractivity contribution is -0.139. The Kier molecular flexibility index (Phi) is 4.86. The largest absolute Gasteiger partial charge is 0.393 e. The van der Waals surface area contributed by atoms with Crippen molar-refractivity contribution in [1.29, 1.82) is 0 Å². The lowest BCUT2D eigenvalue weighted by Gasteiger charge is -2.41. The van der Waals surface area contributed by atoms with E-state index in [-0.39, 0.29) is 11.5 Å². The minimum Gasteiger partial charge on any atom is -0.393 e. The second-order valence-corrected chi connectivity index (χ2v) is 8.75. The molecule has 142 valence electrons. The Morgan fingerprint density at radius 1 is 1.23 bits per heavy atom. The highest BCUT2D eigenvalue weighted by Crippen LogP contribution is 2.43. The van der Waals surface area contributed by atoms with Crippen LogP contribution in [0.15, 0.2) is 12.3 Å². The molecule has 1 aromatic rings. The van der Waals surface area contributed by atoms with Crippen LogP contribution in [-0.4, -0.2) is 52.7 Å². The van der Waals surface area contributed by atoms with E-state index in [0.29, 0.717) is 17.0 Å². The number of carbonyl (C=O) groups excluding carboxylic acids is 1. The summed E-state index contributed by atoms with van der Waals surface area (Å²) in [7, 11) is 0. The number of halogens is 1. The molecule has 3 fully saturated rings. The van der Waals surface area contributed by atoms with Crippen LogP contribution in [0, 0.1) is 12.3 Å². The van der Waals surface area contributed by atoms with Gasteiger partial charge in [-0.2, -0.15) is 0 Å². The third-order valence-electron chi connectivity index (χ3n) is 6.55. The Morgan fingerprint density at radius 2 is 2.00 bits per heavy atom. The van der Waals surface area contributed by atoms with Crippen molar-refractivity contribution in [1.82, 2.24) is 9.88 Å². The number of anilines is 1. The summed E-state index contributed by atoms with van der Waals surface area (Å²) < 4.78 is 0. The van der Waals surface area contributed by atoms with Gasteiger partial charge in [0.15, 0.2) is 0 Å². The topological polar surface area (TPSA) is 56.7 Å². The Balaban J connectivity index is 1.50. The number of pyridine rings is 1. The summed E-state index contributed by atoms with van der Waals surface area (Å²) in [6.45, 7) is 4.60. The van der Waals surface area contributed by atoms with Gasteiger partial charge in [-0.15, -0.1) is 0 Å². The molecule has 2 aliphatic heterocycles. The van der Waals surface area contributed by atoms with E-state index >= 15 is 0 Å². The number of aliphatic hydroxyl groups excluding tert-OH is 1. The van der Waals surface area contributed by atoms with Crippen LogP contribution in [-0.2, 0) is 4.79 Å². The van der Waals surface area contributed by atoms with Crippen LogP contribution in [0.3, 0.4) is 0 Å². The van der Waals surface area contributed by atoms with Gasteiger partial charge >= 0.3 is 0 Å². The smallest absolute Gasteiger partial charge is 0.230 e. The summed E-state index contributed by atoms with van der Waals surface area (Å²) in [5, 5.41) is 10.4. The predicted octanol–water partition coefficient (Wildman–Crippen LogP) is 3.17. The molecule has 3 aliphatic rings. The van der Waals surface area contributed by atoms with Crippen molar-refractivity contribution in [3.63, 3.8) is 0 Å². The van der Waals surface area contributed by atoms with Gasteiger partial charge in [0.2, 0.25) is 5.91 Å². The molecule has 1 atom stereocenters. The van der Waals surface area contributed by atoms with E-state index in [4.69, 9.17) is 11.6 Å². The molecule has 1 N–H and O–H groups in total. The molecule has 6 heteroatoms. The molecule has 1 unspecified atom stereocenters. The average molecular weight is 378 g/mol. The lowest BCUT2D eigenvalue weighted by Crippen LogP contribution is -2.50. The van der Waals surface area contributed by atoms with Crippen molar-refractivity contribution in [2.45, 2.75) is 64.0 Å². The summed E-state index contributed by atoms with van der Waals surface area (Å²) in [6.07, 6.45) is 7.96.